The number of nitrogens with one attached hydrogen (secondary N) is 1. The molecule has 5 aliphatic rings. The van der Waals surface area contributed by atoms with Crippen molar-refractivity contribution in [3.05, 3.63) is 41.0 Å². The molecule has 0 aromatic heterocycles. The molecule has 5 aliphatic carbocycles. The zero-order valence-electron chi connectivity index (χ0n) is 16.2. The summed E-state index contributed by atoms with van der Waals surface area (Å²) in [4.78, 5) is 12.5. The zero-order chi connectivity index (χ0) is 18.3. The van der Waals surface area contributed by atoms with Crippen LogP contribution in [0.4, 0.5) is 5.69 Å². The molecular weight excluding hydrogens is 332 g/mol. The number of fused-ring (bicyclic) bond motifs is 4. The van der Waals surface area contributed by atoms with Crippen LogP contribution in [0.2, 0.25) is 0 Å². The van der Waals surface area contributed by atoms with Crippen molar-refractivity contribution in [2.24, 2.45) is 47.3 Å². The predicted octanol–water partition coefficient (Wildman–Crippen LogP) is 3.80. The van der Waals surface area contributed by atoms with E-state index in [2.05, 4.69) is 12.2 Å². The Morgan fingerprint density at radius 2 is 1.74 bits per heavy atom. The lowest BCUT2D eigenvalue weighted by molar-refractivity contribution is -0.141. The van der Waals surface area contributed by atoms with Crippen molar-refractivity contribution in [2.45, 2.75) is 39.0 Å². The molecule has 8 atom stereocenters. The molecule has 3 fully saturated rings. The molecule has 0 spiro atoms. The van der Waals surface area contributed by atoms with Gasteiger partial charge in [-0.2, -0.15) is 0 Å². The van der Waals surface area contributed by atoms with Gasteiger partial charge in [-0.05, 0) is 84.8 Å². The molecule has 3 nitrogen and oxygen atoms in total. The maximum Gasteiger partial charge on any atom is 0.224 e. The van der Waals surface area contributed by atoms with Gasteiger partial charge in [0.15, 0.2) is 0 Å². The number of nitrogens with two attached hydrogens (primary N) is 1. The predicted molar refractivity (Wildman–Crippen MR) is 107 cm³/mol. The molecule has 1 amide bonds. The Morgan fingerprint density at radius 3 is 2.37 bits per heavy atom. The SMILES string of the molecule is CC1C2CCC2C1C1C2=C(C3CCC23)C1CNC(=O)Cc1ccc(N)cc1. The molecule has 142 valence electrons. The van der Waals surface area contributed by atoms with Crippen LogP contribution in [0.15, 0.2) is 35.4 Å². The number of hydrogen-bond acceptors (Lipinski definition) is 2. The number of carbonyl (C=O) groups is 1. The average molecular weight is 363 g/mol. The fourth-order valence-electron chi connectivity index (χ4n) is 7.44. The second-order valence-corrected chi connectivity index (χ2v) is 9.90. The molecular formula is C24H30N2O. The van der Waals surface area contributed by atoms with Gasteiger partial charge in [-0.3, -0.25) is 4.79 Å². The van der Waals surface area contributed by atoms with E-state index in [1.165, 1.54) is 25.7 Å². The molecule has 8 unspecified atom stereocenters. The summed E-state index contributed by atoms with van der Waals surface area (Å²) in [5.74, 6) is 7.30. The third-order valence-corrected chi connectivity index (χ3v) is 9.04. The van der Waals surface area contributed by atoms with E-state index >= 15 is 0 Å². The fourth-order valence-corrected chi connectivity index (χ4v) is 7.44. The van der Waals surface area contributed by atoms with Gasteiger partial charge >= 0.3 is 0 Å². The highest BCUT2D eigenvalue weighted by atomic mass is 16.1. The maximum atomic E-state index is 12.5. The van der Waals surface area contributed by atoms with Crippen molar-refractivity contribution in [3.8, 4) is 0 Å². The number of nitrogen functional groups attached to an aromatic ring is 1. The molecule has 27 heavy (non-hydrogen) atoms. The Kier molecular flexibility index (Phi) is 3.37. The van der Waals surface area contributed by atoms with Gasteiger partial charge in [0.25, 0.3) is 0 Å². The van der Waals surface area contributed by atoms with E-state index in [1.54, 1.807) is 5.57 Å². The lowest BCUT2D eigenvalue weighted by atomic mass is 9.34. The summed E-state index contributed by atoms with van der Waals surface area (Å²) in [6.45, 7) is 3.36. The van der Waals surface area contributed by atoms with E-state index in [1.807, 2.05) is 29.8 Å². The second-order valence-electron chi connectivity index (χ2n) is 9.90. The second kappa shape index (κ2) is 5.62. The molecule has 3 N–H and O–H groups in total. The minimum atomic E-state index is 0.153. The average Bonchev–Trinajstić information content (AvgIpc) is 2.60. The van der Waals surface area contributed by atoms with Gasteiger partial charge in [-0.1, -0.05) is 30.2 Å². The monoisotopic (exact) mass is 362 g/mol. The van der Waals surface area contributed by atoms with Crippen LogP contribution < -0.4 is 11.1 Å². The normalized spacial score (nSPS) is 42.9. The summed E-state index contributed by atoms with van der Waals surface area (Å²) in [5.41, 5.74) is 11.2. The molecule has 0 aliphatic heterocycles. The molecule has 0 heterocycles. The van der Waals surface area contributed by atoms with Crippen LogP contribution in [-0.4, -0.2) is 12.5 Å². The van der Waals surface area contributed by atoms with Gasteiger partial charge in [0.1, 0.15) is 0 Å². The number of anilines is 1. The first-order chi connectivity index (χ1) is 13.1. The number of allylic oxidation sites excluding steroid dienone is 1. The van der Waals surface area contributed by atoms with E-state index in [0.717, 1.165) is 59.2 Å². The highest BCUT2D eigenvalue weighted by molar-refractivity contribution is 5.78. The third kappa shape index (κ3) is 2.12. The number of carbonyl (C=O) groups excluding carboxylic acids is 1. The molecule has 3 saturated carbocycles. The van der Waals surface area contributed by atoms with E-state index in [4.69, 9.17) is 5.73 Å². The van der Waals surface area contributed by atoms with Crippen molar-refractivity contribution in [1.29, 1.82) is 0 Å². The van der Waals surface area contributed by atoms with E-state index < -0.39 is 0 Å². The molecule has 0 radical (unpaired) electrons. The van der Waals surface area contributed by atoms with Crippen LogP contribution >= 0.6 is 0 Å². The van der Waals surface area contributed by atoms with Crippen molar-refractivity contribution in [1.82, 2.24) is 5.32 Å². The first-order valence-electron chi connectivity index (χ1n) is 11.0. The summed E-state index contributed by atoms with van der Waals surface area (Å²) in [7, 11) is 0. The number of hydrogen-bond donors (Lipinski definition) is 2. The van der Waals surface area contributed by atoms with Gasteiger partial charge in [0.2, 0.25) is 5.91 Å². The van der Waals surface area contributed by atoms with Crippen LogP contribution in [0.3, 0.4) is 0 Å². The van der Waals surface area contributed by atoms with Gasteiger partial charge in [-0.25, -0.2) is 0 Å². The summed E-state index contributed by atoms with van der Waals surface area (Å²) in [6.07, 6.45) is 6.23. The van der Waals surface area contributed by atoms with Gasteiger partial charge < -0.3 is 11.1 Å². The lowest BCUT2D eigenvalue weighted by Gasteiger charge is -2.71. The summed E-state index contributed by atoms with van der Waals surface area (Å²) >= 11 is 0. The van der Waals surface area contributed by atoms with Crippen LogP contribution in [0, 0.1) is 47.3 Å². The summed E-state index contributed by atoms with van der Waals surface area (Å²) < 4.78 is 0. The Morgan fingerprint density at radius 1 is 1.04 bits per heavy atom. The quantitative estimate of drug-likeness (QED) is 0.618. The molecule has 6 rings (SSSR count). The standard InChI is InChI=1S/C24H30N2O/c1-12-15-6-7-16(15)21(12)24-19(22-17-8-9-18(17)23(22)24)11-26-20(27)10-13-2-4-14(25)5-3-13/h2-5,12,15-19,21,24H,6-11,25H2,1H3,(H,26,27). The largest absolute Gasteiger partial charge is 0.399 e. The summed E-state index contributed by atoms with van der Waals surface area (Å²) in [6, 6.07) is 7.66. The first-order valence-corrected chi connectivity index (χ1v) is 11.0. The molecule has 1 aromatic rings. The van der Waals surface area contributed by atoms with E-state index in [0.29, 0.717) is 12.3 Å². The van der Waals surface area contributed by atoms with Gasteiger partial charge in [0.05, 0.1) is 6.42 Å². The third-order valence-electron chi connectivity index (χ3n) is 9.04. The highest BCUT2D eigenvalue weighted by Gasteiger charge is 2.66. The van der Waals surface area contributed by atoms with Crippen molar-refractivity contribution in [2.75, 3.05) is 12.3 Å². The Balaban J connectivity index is 1.13. The number of benzene rings is 1. The first kappa shape index (κ1) is 16.2. The van der Waals surface area contributed by atoms with Crippen molar-refractivity contribution >= 4 is 11.6 Å². The Bertz CT molecular complexity index is 819. The molecule has 0 bridgehead atoms. The van der Waals surface area contributed by atoms with Gasteiger partial charge in [-0.15, -0.1) is 0 Å². The van der Waals surface area contributed by atoms with Crippen LogP contribution in [-0.2, 0) is 11.2 Å². The smallest absolute Gasteiger partial charge is 0.224 e. The number of amides is 1. The topological polar surface area (TPSA) is 55.1 Å². The fraction of sp³-hybridized carbons (Fsp3) is 0.625. The number of rotatable bonds is 5. The van der Waals surface area contributed by atoms with Crippen molar-refractivity contribution < 1.29 is 4.79 Å². The molecule has 3 heteroatoms. The molecule has 1 aromatic carbocycles. The molecule has 0 saturated heterocycles. The highest BCUT2D eigenvalue weighted by Crippen LogP contribution is 2.73. The Hall–Kier alpha value is -1.77. The van der Waals surface area contributed by atoms with Crippen LogP contribution in [0.5, 0.6) is 0 Å². The lowest BCUT2D eigenvalue weighted by Crippen LogP contribution is -2.65. The van der Waals surface area contributed by atoms with Crippen LogP contribution in [0.25, 0.3) is 0 Å². The Labute approximate surface area is 161 Å². The van der Waals surface area contributed by atoms with Crippen LogP contribution in [0.1, 0.15) is 38.2 Å². The zero-order valence-corrected chi connectivity index (χ0v) is 16.2. The van der Waals surface area contributed by atoms with Gasteiger partial charge in [0, 0.05) is 18.2 Å². The minimum Gasteiger partial charge on any atom is -0.399 e. The van der Waals surface area contributed by atoms with E-state index in [9.17, 15) is 4.79 Å². The van der Waals surface area contributed by atoms with Crippen molar-refractivity contribution in [3.63, 3.8) is 0 Å². The summed E-state index contributed by atoms with van der Waals surface area (Å²) in [5, 5.41) is 3.28. The maximum absolute atomic E-state index is 12.5. The van der Waals surface area contributed by atoms with E-state index in [-0.39, 0.29) is 5.91 Å². The minimum absolute atomic E-state index is 0.153.